The predicted octanol–water partition coefficient (Wildman–Crippen LogP) is 1.70. The third-order valence-corrected chi connectivity index (χ3v) is 4.75. The fourth-order valence-corrected chi connectivity index (χ4v) is 3.24. The largest absolute Gasteiger partial charge is 0.497 e. The van der Waals surface area contributed by atoms with Gasteiger partial charge in [0.2, 0.25) is 0 Å². The Kier molecular flexibility index (Phi) is 5.93. The van der Waals surface area contributed by atoms with Crippen LogP contribution in [-0.2, 0) is 11.3 Å². The van der Waals surface area contributed by atoms with E-state index in [1.165, 1.54) is 12.8 Å². The van der Waals surface area contributed by atoms with Crippen LogP contribution < -0.4 is 10.1 Å². The highest BCUT2D eigenvalue weighted by Crippen LogP contribution is 2.15. The van der Waals surface area contributed by atoms with E-state index in [-0.39, 0.29) is 6.03 Å². The van der Waals surface area contributed by atoms with Gasteiger partial charge in [-0.1, -0.05) is 12.1 Å². The fourth-order valence-electron chi connectivity index (χ4n) is 3.24. The molecule has 1 unspecified atom stereocenters. The Hall–Kier alpha value is -1.79. The standard InChI is InChI=1S/C18H27N3O3/c1-23-16-6-4-15(5-7-16)13-19-18(22)21-10-8-20(9-11-21)14-17-3-2-12-24-17/h4-7,17H,2-3,8-14H2,1H3,(H,19,22). The molecule has 2 aliphatic rings. The third-order valence-electron chi connectivity index (χ3n) is 4.75. The monoisotopic (exact) mass is 333 g/mol. The summed E-state index contributed by atoms with van der Waals surface area (Å²) in [6.07, 6.45) is 2.74. The molecule has 1 aromatic carbocycles. The summed E-state index contributed by atoms with van der Waals surface area (Å²) in [6, 6.07) is 7.77. The number of piperazine rings is 1. The maximum atomic E-state index is 12.3. The van der Waals surface area contributed by atoms with Gasteiger partial charge in [0.05, 0.1) is 13.2 Å². The Labute approximate surface area is 143 Å². The fraction of sp³-hybridized carbons (Fsp3) is 0.611. The van der Waals surface area contributed by atoms with Crippen LogP contribution in [0.25, 0.3) is 0 Å². The van der Waals surface area contributed by atoms with Gasteiger partial charge in [-0.15, -0.1) is 0 Å². The Bertz CT molecular complexity index is 521. The zero-order valence-electron chi connectivity index (χ0n) is 14.4. The molecule has 2 aliphatic heterocycles. The number of hydrogen-bond acceptors (Lipinski definition) is 4. The van der Waals surface area contributed by atoms with Crippen molar-refractivity contribution in [2.24, 2.45) is 0 Å². The molecule has 1 atom stereocenters. The summed E-state index contributed by atoms with van der Waals surface area (Å²) < 4.78 is 10.8. The molecule has 0 spiro atoms. The second-order valence-electron chi connectivity index (χ2n) is 6.43. The van der Waals surface area contributed by atoms with E-state index >= 15 is 0 Å². The summed E-state index contributed by atoms with van der Waals surface area (Å²) in [5.74, 6) is 0.826. The van der Waals surface area contributed by atoms with Crippen LogP contribution in [0.5, 0.6) is 5.75 Å². The van der Waals surface area contributed by atoms with Gasteiger partial charge >= 0.3 is 6.03 Å². The van der Waals surface area contributed by atoms with Crippen LogP contribution in [0.2, 0.25) is 0 Å². The van der Waals surface area contributed by atoms with E-state index in [1.54, 1.807) is 7.11 Å². The first-order valence-corrected chi connectivity index (χ1v) is 8.74. The Morgan fingerprint density at radius 2 is 2.00 bits per heavy atom. The van der Waals surface area contributed by atoms with Gasteiger partial charge in [-0.3, -0.25) is 4.90 Å². The highest BCUT2D eigenvalue weighted by atomic mass is 16.5. The number of ether oxygens (including phenoxy) is 2. The molecule has 2 amide bonds. The highest BCUT2D eigenvalue weighted by molar-refractivity contribution is 5.74. The normalized spacial score (nSPS) is 21.7. The zero-order chi connectivity index (χ0) is 16.8. The van der Waals surface area contributed by atoms with Crippen molar-refractivity contribution in [3.05, 3.63) is 29.8 Å². The lowest BCUT2D eigenvalue weighted by atomic mass is 10.2. The lowest BCUT2D eigenvalue weighted by Crippen LogP contribution is -2.52. The van der Waals surface area contributed by atoms with Crippen LogP contribution in [0.3, 0.4) is 0 Å². The first-order chi connectivity index (χ1) is 11.7. The van der Waals surface area contributed by atoms with Crippen LogP contribution in [0.1, 0.15) is 18.4 Å². The lowest BCUT2D eigenvalue weighted by Gasteiger charge is -2.35. The number of nitrogens with one attached hydrogen (secondary N) is 1. The molecule has 0 radical (unpaired) electrons. The van der Waals surface area contributed by atoms with Crippen molar-refractivity contribution in [1.29, 1.82) is 0 Å². The molecular formula is C18H27N3O3. The third kappa shape index (κ3) is 4.61. The minimum absolute atomic E-state index is 0.0163. The SMILES string of the molecule is COc1ccc(CNC(=O)N2CCN(CC3CCCO3)CC2)cc1. The molecule has 6 heteroatoms. The summed E-state index contributed by atoms with van der Waals surface area (Å²) in [5.41, 5.74) is 1.07. The van der Waals surface area contributed by atoms with Gasteiger partial charge in [-0.2, -0.15) is 0 Å². The van der Waals surface area contributed by atoms with Crippen molar-refractivity contribution in [2.45, 2.75) is 25.5 Å². The zero-order valence-corrected chi connectivity index (χ0v) is 14.4. The maximum absolute atomic E-state index is 12.3. The van der Waals surface area contributed by atoms with Crippen molar-refractivity contribution in [3.63, 3.8) is 0 Å². The number of benzene rings is 1. The number of nitrogens with zero attached hydrogens (tertiary/aromatic N) is 2. The summed E-state index contributed by atoms with van der Waals surface area (Å²) >= 11 is 0. The average Bonchev–Trinajstić information content (AvgIpc) is 3.14. The van der Waals surface area contributed by atoms with Crippen molar-refractivity contribution in [2.75, 3.05) is 46.4 Å². The molecule has 6 nitrogen and oxygen atoms in total. The summed E-state index contributed by atoms with van der Waals surface area (Å²) in [6.45, 7) is 5.85. The second kappa shape index (κ2) is 8.35. The maximum Gasteiger partial charge on any atom is 0.317 e. The van der Waals surface area contributed by atoms with E-state index < -0.39 is 0 Å². The van der Waals surface area contributed by atoms with Gasteiger partial charge in [0.25, 0.3) is 0 Å². The highest BCUT2D eigenvalue weighted by Gasteiger charge is 2.24. The molecule has 3 rings (SSSR count). The van der Waals surface area contributed by atoms with E-state index in [4.69, 9.17) is 9.47 Å². The van der Waals surface area contributed by atoms with Crippen molar-refractivity contribution >= 4 is 6.03 Å². The molecule has 0 aliphatic carbocycles. The van der Waals surface area contributed by atoms with Gasteiger partial charge in [-0.05, 0) is 30.5 Å². The number of carbonyl (C=O) groups excluding carboxylic acids is 1. The van der Waals surface area contributed by atoms with Crippen molar-refractivity contribution in [1.82, 2.24) is 15.1 Å². The smallest absolute Gasteiger partial charge is 0.317 e. The number of methoxy groups -OCH3 is 1. The number of rotatable bonds is 5. The molecule has 132 valence electrons. The minimum Gasteiger partial charge on any atom is -0.497 e. The van der Waals surface area contributed by atoms with Crippen LogP contribution in [0, 0.1) is 0 Å². The van der Waals surface area contributed by atoms with Gasteiger partial charge in [0.15, 0.2) is 0 Å². The van der Waals surface area contributed by atoms with Gasteiger partial charge < -0.3 is 19.7 Å². The first kappa shape index (κ1) is 17.0. The molecule has 0 saturated carbocycles. The molecule has 0 aromatic heterocycles. The van der Waals surface area contributed by atoms with Crippen LogP contribution in [0.4, 0.5) is 4.79 Å². The van der Waals surface area contributed by atoms with Gasteiger partial charge in [0.1, 0.15) is 5.75 Å². The number of urea groups is 1. The molecule has 1 N–H and O–H groups in total. The number of amides is 2. The average molecular weight is 333 g/mol. The van der Waals surface area contributed by atoms with Crippen LogP contribution in [0.15, 0.2) is 24.3 Å². The van der Waals surface area contributed by atoms with E-state index in [0.29, 0.717) is 12.6 Å². The topological polar surface area (TPSA) is 54.0 Å². The number of carbonyl (C=O) groups is 1. The first-order valence-electron chi connectivity index (χ1n) is 8.74. The molecule has 0 bridgehead atoms. The number of hydrogen-bond donors (Lipinski definition) is 1. The minimum atomic E-state index is 0.0163. The van der Waals surface area contributed by atoms with E-state index in [2.05, 4.69) is 10.2 Å². The molecular weight excluding hydrogens is 306 g/mol. The molecule has 2 fully saturated rings. The summed E-state index contributed by atoms with van der Waals surface area (Å²) in [4.78, 5) is 16.6. The van der Waals surface area contributed by atoms with E-state index in [9.17, 15) is 4.79 Å². The Balaban J connectivity index is 1.38. The Morgan fingerprint density at radius 3 is 2.62 bits per heavy atom. The predicted molar refractivity (Wildman–Crippen MR) is 92.2 cm³/mol. The lowest BCUT2D eigenvalue weighted by molar-refractivity contribution is 0.0561. The summed E-state index contributed by atoms with van der Waals surface area (Å²) in [5, 5.41) is 3.00. The summed E-state index contributed by atoms with van der Waals surface area (Å²) in [7, 11) is 1.65. The van der Waals surface area contributed by atoms with Gasteiger partial charge in [0, 0.05) is 45.9 Å². The van der Waals surface area contributed by atoms with Crippen molar-refractivity contribution < 1.29 is 14.3 Å². The molecule has 1 aromatic rings. The van der Waals surface area contributed by atoms with Crippen molar-refractivity contribution in [3.8, 4) is 5.75 Å². The molecule has 2 saturated heterocycles. The van der Waals surface area contributed by atoms with Crippen LogP contribution in [-0.4, -0.2) is 68.4 Å². The molecule has 2 heterocycles. The van der Waals surface area contributed by atoms with E-state index in [1.807, 2.05) is 29.2 Å². The van der Waals surface area contributed by atoms with Crippen LogP contribution >= 0.6 is 0 Å². The van der Waals surface area contributed by atoms with Gasteiger partial charge in [-0.25, -0.2) is 4.79 Å². The quantitative estimate of drug-likeness (QED) is 0.891. The second-order valence-corrected chi connectivity index (χ2v) is 6.43. The molecule has 24 heavy (non-hydrogen) atoms. The Morgan fingerprint density at radius 1 is 1.25 bits per heavy atom. The van der Waals surface area contributed by atoms with E-state index in [0.717, 1.165) is 50.6 Å².